The monoisotopic (exact) mass is 403 g/mol. The van der Waals surface area contributed by atoms with E-state index in [9.17, 15) is 4.79 Å². The highest BCUT2D eigenvalue weighted by Crippen LogP contribution is 2.32. The van der Waals surface area contributed by atoms with Crippen LogP contribution in [-0.2, 0) is 11.3 Å². The third-order valence-corrected chi connectivity index (χ3v) is 5.72. The Morgan fingerprint density at radius 2 is 1.93 bits per heavy atom. The molecule has 1 amide bonds. The maximum absolute atomic E-state index is 12.5. The van der Waals surface area contributed by atoms with Gasteiger partial charge < -0.3 is 19.4 Å². The first-order valence-electron chi connectivity index (χ1n) is 9.70. The Hall–Kier alpha value is -2.15. The van der Waals surface area contributed by atoms with Crippen LogP contribution in [0.5, 0.6) is 11.5 Å². The van der Waals surface area contributed by atoms with Crippen molar-refractivity contribution in [2.75, 3.05) is 19.0 Å². The Balaban J connectivity index is 1.59. The predicted octanol–water partition coefficient (Wildman–Crippen LogP) is 3.90. The minimum Gasteiger partial charge on any atom is -0.486 e. The number of nitrogens with one attached hydrogen (secondary N) is 1. The van der Waals surface area contributed by atoms with E-state index in [0.29, 0.717) is 24.9 Å². The van der Waals surface area contributed by atoms with Crippen LogP contribution in [0.3, 0.4) is 0 Å². The van der Waals surface area contributed by atoms with Crippen LogP contribution in [0.2, 0.25) is 0 Å². The number of carbonyl (C=O) groups excluding carboxylic acids is 1. The highest BCUT2D eigenvalue weighted by atomic mass is 32.2. The molecule has 1 aromatic heterocycles. The number of hydrogen-bond acceptors (Lipinski definition) is 5. The molecule has 1 N–H and O–H groups in total. The van der Waals surface area contributed by atoms with E-state index in [1.165, 1.54) is 17.5 Å². The van der Waals surface area contributed by atoms with E-state index >= 15 is 0 Å². The molecule has 28 heavy (non-hydrogen) atoms. The molecule has 152 valence electrons. The van der Waals surface area contributed by atoms with Gasteiger partial charge >= 0.3 is 0 Å². The van der Waals surface area contributed by atoms with Gasteiger partial charge in [0.1, 0.15) is 13.2 Å². The van der Waals surface area contributed by atoms with Crippen LogP contribution < -0.4 is 14.8 Å². The Kier molecular flexibility index (Phi) is 6.54. The minimum atomic E-state index is -0.109. The van der Waals surface area contributed by atoms with Crippen LogP contribution in [0.1, 0.15) is 43.8 Å². The quantitative estimate of drug-likeness (QED) is 0.711. The lowest BCUT2D eigenvalue weighted by atomic mass is 10.1. The molecule has 0 radical (unpaired) electrons. The van der Waals surface area contributed by atoms with Crippen molar-refractivity contribution in [1.82, 2.24) is 14.9 Å². The summed E-state index contributed by atoms with van der Waals surface area (Å²) in [7, 11) is 0. The Morgan fingerprint density at radius 1 is 1.21 bits per heavy atom. The molecule has 0 aliphatic carbocycles. The number of aryl methyl sites for hydroxylation is 1. The van der Waals surface area contributed by atoms with Crippen molar-refractivity contribution in [2.45, 2.75) is 52.4 Å². The van der Waals surface area contributed by atoms with Crippen LogP contribution in [0.4, 0.5) is 0 Å². The van der Waals surface area contributed by atoms with Gasteiger partial charge in [-0.15, -0.1) is 0 Å². The zero-order valence-electron chi connectivity index (χ0n) is 17.2. The second-order valence-corrected chi connectivity index (χ2v) is 8.49. The van der Waals surface area contributed by atoms with Crippen LogP contribution in [0, 0.1) is 19.8 Å². The standard InChI is InChI=1S/C21H29N3O3S/c1-13(2)11-24-16(5)14(3)23-21(24)28-12-20(25)22-15(4)17-6-7-18-19(10-17)27-9-8-26-18/h6-7,10,13,15H,8-9,11-12H2,1-5H3,(H,22,25). The lowest BCUT2D eigenvalue weighted by Gasteiger charge is -2.21. The summed E-state index contributed by atoms with van der Waals surface area (Å²) < 4.78 is 13.4. The molecule has 2 heterocycles. The molecular formula is C21H29N3O3S. The molecule has 1 aromatic carbocycles. The number of carbonyl (C=O) groups is 1. The average Bonchev–Trinajstić information content (AvgIpc) is 2.93. The van der Waals surface area contributed by atoms with Crippen molar-refractivity contribution in [3.8, 4) is 11.5 Å². The van der Waals surface area contributed by atoms with Gasteiger partial charge in [0.2, 0.25) is 5.91 Å². The number of ether oxygens (including phenoxy) is 2. The molecule has 0 saturated heterocycles. The fraction of sp³-hybridized carbons (Fsp3) is 0.524. The van der Waals surface area contributed by atoms with Crippen molar-refractivity contribution in [3.05, 3.63) is 35.2 Å². The molecule has 3 rings (SSSR count). The van der Waals surface area contributed by atoms with Gasteiger partial charge in [0.05, 0.1) is 17.5 Å². The van der Waals surface area contributed by atoms with Gasteiger partial charge in [-0.05, 0) is 44.4 Å². The molecule has 0 bridgehead atoms. The first-order chi connectivity index (χ1) is 13.3. The molecule has 6 nitrogen and oxygen atoms in total. The van der Waals surface area contributed by atoms with E-state index in [4.69, 9.17) is 9.47 Å². The second-order valence-electron chi connectivity index (χ2n) is 7.55. The van der Waals surface area contributed by atoms with Gasteiger partial charge in [-0.1, -0.05) is 31.7 Å². The Labute approximate surface area is 171 Å². The van der Waals surface area contributed by atoms with Crippen LogP contribution in [0.25, 0.3) is 0 Å². The maximum Gasteiger partial charge on any atom is 0.230 e. The molecule has 1 aliphatic heterocycles. The topological polar surface area (TPSA) is 65.4 Å². The number of rotatable bonds is 7. The Bertz CT molecular complexity index is 848. The molecular weight excluding hydrogens is 374 g/mol. The lowest BCUT2D eigenvalue weighted by Crippen LogP contribution is -2.28. The number of nitrogens with zero attached hydrogens (tertiary/aromatic N) is 2. The fourth-order valence-corrected chi connectivity index (χ4v) is 4.05. The summed E-state index contributed by atoms with van der Waals surface area (Å²) in [6.45, 7) is 12.5. The van der Waals surface area contributed by atoms with Gasteiger partial charge in [0.25, 0.3) is 0 Å². The summed E-state index contributed by atoms with van der Waals surface area (Å²) in [5.74, 6) is 2.34. The molecule has 1 aliphatic rings. The number of thioether (sulfide) groups is 1. The third-order valence-electron chi connectivity index (χ3n) is 4.75. The van der Waals surface area contributed by atoms with Gasteiger partial charge in [0.15, 0.2) is 16.7 Å². The lowest BCUT2D eigenvalue weighted by molar-refractivity contribution is -0.119. The zero-order valence-corrected chi connectivity index (χ0v) is 18.1. The van der Waals surface area contributed by atoms with Crippen molar-refractivity contribution < 1.29 is 14.3 Å². The highest BCUT2D eigenvalue weighted by molar-refractivity contribution is 7.99. The van der Waals surface area contributed by atoms with Gasteiger partial charge in [-0.3, -0.25) is 4.79 Å². The molecule has 2 aromatic rings. The normalized spacial score (nSPS) is 14.2. The molecule has 1 atom stereocenters. The maximum atomic E-state index is 12.5. The summed E-state index contributed by atoms with van der Waals surface area (Å²) in [5.41, 5.74) is 3.19. The number of imidazole rings is 1. The van der Waals surface area contributed by atoms with Gasteiger partial charge in [-0.25, -0.2) is 4.98 Å². The average molecular weight is 404 g/mol. The number of fused-ring (bicyclic) bond motifs is 1. The summed E-state index contributed by atoms with van der Waals surface area (Å²) in [6.07, 6.45) is 0. The molecule has 0 fully saturated rings. The molecule has 1 unspecified atom stereocenters. The van der Waals surface area contributed by atoms with E-state index in [-0.39, 0.29) is 11.9 Å². The summed E-state index contributed by atoms with van der Waals surface area (Å²) in [6, 6.07) is 5.69. The van der Waals surface area contributed by atoms with E-state index in [1.54, 1.807) is 0 Å². The van der Waals surface area contributed by atoms with Gasteiger partial charge in [-0.2, -0.15) is 0 Å². The number of hydrogen-bond donors (Lipinski definition) is 1. The smallest absolute Gasteiger partial charge is 0.230 e. The van der Waals surface area contributed by atoms with Crippen molar-refractivity contribution in [2.24, 2.45) is 5.92 Å². The largest absolute Gasteiger partial charge is 0.486 e. The van der Waals surface area contributed by atoms with Crippen LogP contribution in [-0.4, -0.2) is 34.4 Å². The minimum absolute atomic E-state index is 0.0122. The molecule has 0 spiro atoms. The highest BCUT2D eigenvalue weighted by Gasteiger charge is 2.18. The summed E-state index contributed by atoms with van der Waals surface area (Å²) in [4.78, 5) is 17.1. The Morgan fingerprint density at radius 3 is 2.64 bits per heavy atom. The second kappa shape index (κ2) is 8.90. The van der Waals surface area contributed by atoms with Crippen LogP contribution >= 0.6 is 11.8 Å². The fourth-order valence-electron chi connectivity index (χ4n) is 3.14. The summed E-state index contributed by atoms with van der Waals surface area (Å²) in [5, 5.41) is 3.97. The van der Waals surface area contributed by atoms with Crippen molar-refractivity contribution >= 4 is 17.7 Å². The van der Waals surface area contributed by atoms with E-state index < -0.39 is 0 Å². The van der Waals surface area contributed by atoms with E-state index in [2.05, 4.69) is 35.6 Å². The van der Waals surface area contributed by atoms with E-state index in [0.717, 1.165) is 34.5 Å². The first kappa shape index (κ1) is 20.6. The molecule has 7 heteroatoms. The van der Waals surface area contributed by atoms with Gasteiger partial charge in [0, 0.05) is 12.2 Å². The van der Waals surface area contributed by atoms with E-state index in [1.807, 2.05) is 32.0 Å². The zero-order chi connectivity index (χ0) is 20.3. The molecule has 0 saturated carbocycles. The van der Waals surface area contributed by atoms with Crippen molar-refractivity contribution in [1.29, 1.82) is 0 Å². The number of benzene rings is 1. The number of aromatic nitrogens is 2. The third kappa shape index (κ3) is 4.82. The SMILES string of the molecule is Cc1nc(SCC(=O)NC(C)c2ccc3c(c2)OCCO3)n(CC(C)C)c1C. The predicted molar refractivity (Wildman–Crippen MR) is 111 cm³/mol. The summed E-state index contributed by atoms with van der Waals surface area (Å²) >= 11 is 1.49. The number of amides is 1. The first-order valence-corrected chi connectivity index (χ1v) is 10.7. The van der Waals surface area contributed by atoms with Crippen LogP contribution in [0.15, 0.2) is 23.4 Å². The van der Waals surface area contributed by atoms with Crippen molar-refractivity contribution in [3.63, 3.8) is 0 Å².